The number of aliphatic carboxylic acids is 1. The van der Waals surface area contributed by atoms with Crippen molar-refractivity contribution in [2.45, 2.75) is 39.2 Å². The molecule has 0 bridgehead atoms. The van der Waals surface area contributed by atoms with Gasteiger partial charge in [0, 0.05) is 12.6 Å². The molecule has 76 valence electrons. The molecule has 3 nitrogen and oxygen atoms in total. The van der Waals surface area contributed by atoms with Gasteiger partial charge in [0.2, 0.25) is 0 Å². The fourth-order valence-corrected chi connectivity index (χ4v) is 2.01. The summed E-state index contributed by atoms with van der Waals surface area (Å²) in [6.07, 6.45) is 2.77. The van der Waals surface area contributed by atoms with Gasteiger partial charge >= 0.3 is 5.97 Å². The first-order valence-electron chi connectivity index (χ1n) is 5.05. The number of carbonyl (C=O) groups is 1. The second kappa shape index (κ2) is 4.61. The number of hydrogen-bond donors (Lipinski definition) is 1. The summed E-state index contributed by atoms with van der Waals surface area (Å²) in [7, 11) is 0. The van der Waals surface area contributed by atoms with E-state index < -0.39 is 5.97 Å². The molecule has 0 saturated carbocycles. The second-order valence-electron chi connectivity index (χ2n) is 4.19. The van der Waals surface area contributed by atoms with E-state index in [2.05, 4.69) is 11.8 Å². The number of likely N-dealkylation sites (tertiary alicyclic amines) is 1. The van der Waals surface area contributed by atoms with Crippen molar-refractivity contribution in [2.75, 3.05) is 13.1 Å². The average molecular weight is 185 g/mol. The van der Waals surface area contributed by atoms with E-state index in [1.807, 2.05) is 6.92 Å². The van der Waals surface area contributed by atoms with Crippen LogP contribution in [0.3, 0.4) is 0 Å². The third-order valence-corrected chi connectivity index (χ3v) is 2.78. The molecule has 0 aromatic carbocycles. The Bertz CT molecular complexity index is 182. The molecule has 1 saturated heterocycles. The predicted octanol–water partition coefficient (Wildman–Crippen LogP) is 1.58. The molecule has 0 aliphatic carbocycles. The summed E-state index contributed by atoms with van der Waals surface area (Å²) in [6.45, 7) is 6.37. The lowest BCUT2D eigenvalue weighted by Crippen LogP contribution is -2.41. The highest BCUT2D eigenvalue weighted by Gasteiger charge is 2.22. The van der Waals surface area contributed by atoms with Crippen LogP contribution in [0.5, 0.6) is 0 Å². The van der Waals surface area contributed by atoms with Crippen molar-refractivity contribution >= 4 is 5.97 Å². The number of nitrogens with zero attached hydrogens (tertiary/aromatic N) is 1. The highest BCUT2D eigenvalue weighted by Crippen LogP contribution is 2.18. The van der Waals surface area contributed by atoms with Crippen LogP contribution in [0.2, 0.25) is 0 Å². The SMILES string of the molecule is C[C@@H]1CCCN([C@H](C)CC(=O)O)C1. The van der Waals surface area contributed by atoms with E-state index in [1.165, 1.54) is 12.8 Å². The number of carboxylic acids is 1. The van der Waals surface area contributed by atoms with Crippen LogP contribution in [0.4, 0.5) is 0 Å². The van der Waals surface area contributed by atoms with Crippen LogP contribution < -0.4 is 0 Å². The molecule has 1 rings (SSSR count). The zero-order valence-corrected chi connectivity index (χ0v) is 8.49. The fourth-order valence-electron chi connectivity index (χ4n) is 2.01. The van der Waals surface area contributed by atoms with Crippen molar-refractivity contribution in [1.82, 2.24) is 4.90 Å². The van der Waals surface area contributed by atoms with Gasteiger partial charge in [-0.15, -0.1) is 0 Å². The fraction of sp³-hybridized carbons (Fsp3) is 0.900. The normalized spacial score (nSPS) is 27.1. The highest BCUT2D eigenvalue weighted by molar-refractivity contribution is 5.67. The molecule has 0 aromatic heterocycles. The number of rotatable bonds is 3. The zero-order valence-electron chi connectivity index (χ0n) is 8.49. The van der Waals surface area contributed by atoms with E-state index in [9.17, 15) is 4.79 Å². The van der Waals surface area contributed by atoms with Crippen molar-refractivity contribution in [3.8, 4) is 0 Å². The molecule has 1 aliphatic rings. The van der Waals surface area contributed by atoms with Crippen molar-refractivity contribution in [1.29, 1.82) is 0 Å². The van der Waals surface area contributed by atoms with Gasteiger partial charge in [-0.3, -0.25) is 9.69 Å². The lowest BCUT2D eigenvalue weighted by atomic mass is 9.98. The van der Waals surface area contributed by atoms with Gasteiger partial charge in [-0.05, 0) is 32.2 Å². The summed E-state index contributed by atoms with van der Waals surface area (Å²) in [5.41, 5.74) is 0. The molecule has 1 heterocycles. The molecular weight excluding hydrogens is 166 g/mol. The maximum atomic E-state index is 10.5. The van der Waals surface area contributed by atoms with Gasteiger partial charge in [-0.2, -0.15) is 0 Å². The smallest absolute Gasteiger partial charge is 0.304 e. The Kier molecular flexibility index (Phi) is 3.72. The maximum absolute atomic E-state index is 10.5. The van der Waals surface area contributed by atoms with E-state index >= 15 is 0 Å². The summed E-state index contributed by atoms with van der Waals surface area (Å²) in [5, 5.41) is 8.65. The first-order valence-corrected chi connectivity index (χ1v) is 5.05. The molecular formula is C10H19NO2. The Morgan fingerprint density at radius 1 is 1.69 bits per heavy atom. The summed E-state index contributed by atoms with van der Waals surface area (Å²) in [6, 6.07) is 0.195. The van der Waals surface area contributed by atoms with Gasteiger partial charge in [-0.1, -0.05) is 6.92 Å². The molecule has 1 fully saturated rings. The third kappa shape index (κ3) is 3.35. The first kappa shape index (κ1) is 10.5. The average Bonchev–Trinajstić information content (AvgIpc) is 2.03. The minimum Gasteiger partial charge on any atom is -0.481 e. The molecule has 0 unspecified atom stereocenters. The minimum absolute atomic E-state index is 0.195. The van der Waals surface area contributed by atoms with Gasteiger partial charge in [0.25, 0.3) is 0 Å². The maximum Gasteiger partial charge on any atom is 0.304 e. The predicted molar refractivity (Wildman–Crippen MR) is 51.7 cm³/mol. The Morgan fingerprint density at radius 2 is 2.38 bits per heavy atom. The summed E-state index contributed by atoms with van der Waals surface area (Å²) in [5.74, 6) is 0.0377. The molecule has 13 heavy (non-hydrogen) atoms. The van der Waals surface area contributed by atoms with Crippen LogP contribution in [0, 0.1) is 5.92 Å². The topological polar surface area (TPSA) is 40.5 Å². The number of hydrogen-bond acceptors (Lipinski definition) is 2. The Morgan fingerprint density at radius 3 is 2.92 bits per heavy atom. The van der Waals surface area contributed by atoms with Crippen LogP contribution in [0.15, 0.2) is 0 Å². The number of carboxylic acid groups (broad SMARTS) is 1. The largest absolute Gasteiger partial charge is 0.481 e. The van der Waals surface area contributed by atoms with E-state index in [4.69, 9.17) is 5.11 Å². The quantitative estimate of drug-likeness (QED) is 0.725. The van der Waals surface area contributed by atoms with Crippen molar-refractivity contribution in [2.24, 2.45) is 5.92 Å². The first-order chi connectivity index (χ1) is 6.09. The lowest BCUT2D eigenvalue weighted by molar-refractivity contribution is -0.138. The van der Waals surface area contributed by atoms with Crippen molar-refractivity contribution in [3.05, 3.63) is 0 Å². The van der Waals surface area contributed by atoms with Gasteiger partial charge in [-0.25, -0.2) is 0 Å². The third-order valence-electron chi connectivity index (χ3n) is 2.78. The van der Waals surface area contributed by atoms with Crippen LogP contribution in [-0.4, -0.2) is 35.1 Å². The summed E-state index contributed by atoms with van der Waals surface area (Å²) >= 11 is 0. The summed E-state index contributed by atoms with van der Waals surface area (Å²) < 4.78 is 0. The lowest BCUT2D eigenvalue weighted by Gasteiger charge is -2.34. The minimum atomic E-state index is -0.689. The summed E-state index contributed by atoms with van der Waals surface area (Å²) in [4.78, 5) is 12.8. The molecule has 3 heteroatoms. The van der Waals surface area contributed by atoms with Gasteiger partial charge < -0.3 is 5.11 Å². The molecule has 0 radical (unpaired) electrons. The van der Waals surface area contributed by atoms with Gasteiger partial charge in [0.05, 0.1) is 6.42 Å². The van der Waals surface area contributed by atoms with E-state index in [0.717, 1.165) is 19.0 Å². The van der Waals surface area contributed by atoms with Crippen LogP contribution in [0.25, 0.3) is 0 Å². The van der Waals surface area contributed by atoms with Gasteiger partial charge in [0.1, 0.15) is 0 Å². The molecule has 0 aromatic rings. The molecule has 1 N–H and O–H groups in total. The van der Waals surface area contributed by atoms with Crippen LogP contribution in [-0.2, 0) is 4.79 Å². The Balaban J connectivity index is 2.36. The van der Waals surface area contributed by atoms with Crippen LogP contribution in [0.1, 0.15) is 33.1 Å². The molecule has 0 amide bonds. The second-order valence-corrected chi connectivity index (χ2v) is 4.19. The van der Waals surface area contributed by atoms with E-state index in [0.29, 0.717) is 0 Å². The zero-order chi connectivity index (χ0) is 9.84. The Labute approximate surface area is 79.7 Å². The molecule has 1 aliphatic heterocycles. The monoisotopic (exact) mass is 185 g/mol. The van der Waals surface area contributed by atoms with E-state index in [1.54, 1.807) is 0 Å². The van der Waals surface area contributed by atoms with Gasteiger partial charge in [0.15, 0.2) is 0 Å². The van der Waals surface area contributed by atoms with Crippen molar-refractivity contribution in [3.63, 3.8) is 0 Å². The Hall–Kier alpha value is -0.570. The van der Waals surface area contributed by atoms with Crippen LogP contribution >= 0.6 is 0 Å². The highest BCUT2D eigenvalue weighted by atomic mass is 16.4. The molecule has 0 spiro atoms. The van der Waals surface area contributed by atoms with Crippen molar-refractivity contribution < 1.29 is 9.90 Å². The number of piperidine rings is 1. The van der Waals surface area contributed by atoms with E-state index in [-0.39, 0.29) is 12.5 Å². The molecule has 2 atom stereocenters. The standard InChI is InChI=1S/C10H19NO2/c1-8-4-3-5-11(7-8)9(2)6-10(12)13/h8-9H,3-7H2,1-2H3,(H,12,13)/t8-,9-/m1/s1.